The monoisotopic (exact) mass is 458 g/mol. The van der Waals surface area contributed by atoms with Crippen molar-refractivity contribution in [3.05, 3.63) is 73.0 Å². The summed E-state index contributed by atoms with van der Waals surface area (Å²) in [6.07, 6.45) is 2.50. The van der Waals surface area contributed by atoms with Gasteiger partial charge in [0.1, 0.15) is 5.82 Å². The Morgan fingerprint density at radius 1 is 1.00 bits per heavy atom. The molecule has 0 aliphatic rings. The molecule has 22 heavy (non-hydrogen) atoms. The first-order chi connectivity index (χ1) is 10.5. The van der Waals surface area contributed by atoms with Gasteiger partial charge in [-0.25, -0.2) is 4.98 Å². The van der Waals surface area contributed by atoms with Crippen molar-refractivity contribution in [1.29, 1.82) is 0 Å². The van der Waals surface area contributed by atoms with Crippen LogP contribution in [-0.4, -0.2) is 9.97 Å². The number of aromatic nitrogens is 2. The average Bonchev–Trinajstić information content (AvgIpc) is 2.94. The predicted octanol–water partition coefficient (Wildman–Crippen LogP) is 6.50. The highest BCUT2D eigenvalue weighted by Crippen LogP contribution is 2.30. The van der Waals surface area contributed by atoms with E-state index in [9.17, 15) is 0 Å². The number of benzene rings is 2. The van der Waals surface area contributed by atoms with Crippen LogP contribution >= 0.6 is 55.1 Å². The summed E-state index contributed by atoms with van der Waals surface area (Å²) in [5.74, 6) is 0.875. The molecule has 1 N–H and O–H groups in total. The Morgan fingerprint density at radius 3 is 2.59 bits per heavy atom. The van der Waals surface area contributed by atoms with Gasteiger partial charge in [-0.1, -0.05) is 61.1 Å². The lowest BCUT2D eigenvalue weighted by molar-refractivity contribution is 1.03. The molecule has 0 amide bonds. The van der Waals surface area contributed by atoms with Gasteiger partial charge in [-0.3, -0.25) is 0 Å². The molecular formula is C16H10Br2Cl2N2. The third-order valence-electron chi connectivity index (χ3n) is 3.20. The Balaban J connectivity index is 1.87. The second kappa shape index (κ2) is 6.75. The van der Waals surface area contributed by atoms with Crippen LogP contribution in [0.4, 0.5) is 0 Å². The van der Waals surface area contributed by atoms with E-state index in [0.29, 0.717) is 16.5 Å². The van der Waals surface area contributed by atoms with Gasteiger partial charge in [0.25, 0.3) is 0 Å². The van der Waals surface area contributed by atoms with Crippen molar-refractivity contribution in [2.45, 2.75) is 6.42 Å². The molecule has 0 spiro atoms. The Morgan fingerprint density at radius 2 is 1.82 bits per heavy atom. The van der Waals surface area contributed by atoms with E-state index in [2.05, 4.69) is 41.8 Å². The van der Waals surface area contributed by atoms with E-state index in [4.69, 9.17) is 23.2 Å². The highest BCUT2D eigenvalue weighted by molar-refractivity contribution is 9.11. The van der Waals surface area contributed by atoms with Crippen molar-refractivity contribution in [2.24, 2.45) is 0 Å². The first kappa shape index (κ1) is 16.1. The summed E-state index contributed by atoms with van der Waals surface area (Å²) < 4.78 is 2.03. The molecule has 0 saturated carbocycles. The van der Waals surface area contributed by atoms with Crippen LogP contribution in [0, 0.1) is 0 Å². The van der Waals surface area contributed by atoms with Crippen molar-refractivity contribution < 1.29 is 0 Å². The van der Waals surface area contributed by atoms with Crippen LogP contribution in [0.1, 0.15) is 11.4 Å². The minimum absolute atomic E-state index is 0.556. The van der Waals surface area contributed by atoms with Gasteiger partial charge in [-0.2, -0.15) is 0 Å². The summed E-state index contributed by atoms with van der Waals surface area (Å²) in [7, 11) is 0. The Kier molecular flexibility index (Phi) is 4.93. The number of nitrogens with zero attached hydrogens (tertiary/aromatic N) is 1. The van der Waals surface area contributed by atoms with Crippen LogP contribution in [0.25, 0.3) is 11.3 Å². The van der Waals surface area contributed by atoms with E-state index in [-0.39, 0.29) is 0 Å². The normalized spacial score (nSPS) is 10.9. The van der Waals surface area contributed by atoms with E-state index >= 15 is 0 Å². The predicted molar refractivity (Wildman–Crippen MR) is 98.7 cm³/mol. The molecule has 0 bridgehead atoms. The molecule has 0 unspecified atom stereocenters. The summed E-state index contributed by atoms with van der Waals surface area (Å²) in [4.78, 5) is 7.79. The number of halogens is 4. The van der Waals surface area contributed by atoms with Gasteiger partial charge in [0, 0.05) is 20.9 Å². The number of hydrogen-bond donors (Lipinski definition) is 1. The van der Waals surface area contributed by atoms with E-state index < -0.39 is 0 Å². The minimum Gasteiger partial charge on any atom is -0.342 e. The van der Waals surface area contributed by atoms with E-state index in [1.54, 1.807) is 6.07 Å². The van der Waals surface area contributed by atoms with Gasteiger partial charge in [-0.05, 0) is 35.9 Å². The van der Waals surface area contributed by atoms with E-state index in [1.807, 2.05) is 36.5 Å². The van der Waals surface area contributed by atoms with Crippen LogP contribution in [0.2, 0.25) is 10.0 Å². The second-order valence-corrected chi connectivity index (χ2v) is 7.38. The zero-order chi connectivity index (χ0) is 15.7. The molecule has 0 fully saturated rings. The van der Waals surface area contributed by atoms with Crippen molar-refractivity contribution >= 4 is 55.1 Å². The van der Waals surface area contributed by atoms with Crippen LogP contribution in [0.5, 0.6) is 0 Å². The number of rotatable bonds is 3. The third kappa shape index (κ3) is 3.57. The Hall–Kier alpha value is -0.810. The molecule has 0 radical (unpaired) electrons. The number of aromatic amines is 1. The Labute approximate surface area is 155 Å². The zero-order valence-corrected chi connectivity index (χ0v) is 15.9. The molecule has 3 aromatic rings. The van der Waals surface area contributed by atoms with Crippen molar-refractivity contribution in [3.63, 3.8) is 0 Å². The highest BCUT2D eigenvalue weighted by atomic mass is 79.9. The van der Waals surface area contributed by atoms with Gasteiger partial charge < -0.3 is 4.98 Å². The average molecular weight is 461 g/mol. The second-order valence-electron chi connectivity index (χ2n) is 4.79. The fourth-order valence-corrected chi connectivity index (χ4v) is 3.28. The number of H-pyrrole nitrogens is 1. The van der Waals surface area contributed by atoms with Crippen LogP contribution in [0.3, 0.4) is 0 Å². The van der Waals surface area contributed by atoms with Crippen molar-refractivity contribution in [1.82, 2.24) is 9.97 Å². The maximum absolute atomic E-state index is 6.05. The molecule has 2 nitrogen and oxygen atoms in total. The summed E-state index contributed by atoms with van der Waals surface area (Å²) in [5, 5.41) is 1.12. The highest BCUT2D eigenvalue weighted by Gasteiger charge is 2.09. The topological polar surface area (TPSA) is 28.7 Å². The lowest BCUT2D eigenvalue weighted by Gasteiger charge is -2.03. The summed E-state index contributed by atoms with van der Waals surface area (Å²) in [5.41, 5.74) is 3.08. The maximum atomic E-state index is 6.05. The van der Waals surface area contributed by atoms with Crippen molar-refractivity contribution in [2.75, 3.05) is 0 Å². The fourth-order valence-electron chi connectivity index (χ4n) is 2.14. The van der Waals surface area contributed by atoms with Gasteiger partial charge in [0.05, 0.1) is 21.9 Å². The first-order valence-corrected chi connectivity index (χ1v) is 8.80. The molecule has 0 aliphatic carbocycles. The van der Waals surface area contributed by atoms with E-state index in [0.717, 1.165) is 31.6 Å². The number of hydrogen-bond acceptors (Lipinski definition) is 1. The molecule has 1 heterocycles. The lowest BCUT2D eigenvalue weighted by atomic mass is 10.1. The van der Waals surface area contributed by atoms with Crippen LogP contribution in [0.15, 0.2) is 51.5 Å². The molecule has 3 rings (SSSR count). The van der Waals surface area contributed by atoms with Crippen LogP contribution in [-0.2, 0) is 6.42 Å². The molecule has 0 aliphatic heterocycles. The molecule has 2 aromatic carbocycles. The largest absolute Gasteiger partial charge is 0.342 e. The zero-order valence-electron chi connectivity index (χ0n) is 11.2. The van der Waals surface area contributed by atoms with E-state index in [1.165, 1.54) is 0 Å². The smallest absolute Gasteiger partial charge is 0.110 e. The molecule has 6 heteroatoms. The van der Waals surface area contributed by atoms with Gasteiger partial charge in [0.15, 0.2) is 0 Å². The first-order valence-electron chi connectivity index (χ1n) is 6.46. The van der Waals surface area contributed by atoms with Gasteiger partial charge in [-0.15, -0.1) is 0 Å². The van der Waals surface area contributed by atoms with Gasteiger partial charge >= 0.3 is 0 Å². The summed E-state index contributed by atoms with van der Waals surface area (Å²) >= 11 is 19.0. The van der Waals surface area contributed by atoms with Crippen molar-refractivity contribution in [3.8, 4) is 11.3 Å². The molecule has 112 valence electrons. The molecular weight excluding hydrogens is 451 g/mol. The minimum atomic E-state index is 0.556. The van der Waals surface area contributed by atoms with Gasteiger partial charge in [0.2, 0.25) is 0 Å². The number of imidazole rings is 1. The fraction of sp³-hybridized carbons (Fsp3) is 0.0625. The SMILES string of the molecule is Clc1ccc(Cc2ncc(-c3cc(Br)ccc3Br)[nH]2)cc1Cl. The molecule has 0 saturated heterocycles. The summed E-state index contributed by atoms with van der Waals surface area (Å²) in [6, 6.07) is 11.6. The third-order valence-corrected chi connectivity index (χ3v) is 5.13. The summed E-state index contributed by atoms with van der Waals surface area (Å²) in [6.45, 7) is 0. The standard InChI is InChI=1S/C16H10Br2Cl2N2/c17-10-2-3-12(18)11(7-10)15-8-21-16(22-15)6-9-1-4-13(19)14(20)5-9/h1-5,7-8H,6H2,(H,21,22). The maximum Gasteiger partial charge on any atom is 0.110 e. The Bertz CT molecular complexity index is 831. The lowest BCUT2D eigenvalue weighted by Crippen LogP contribution is -1.91. The molecule has 1 aromatic heterocycles. The van der Waals surface area contributed by atoms with Crippen LogP contribution < -0.4 is 0 Å². The molecule has 0 atom stereocenters. The quantitative estimate of drug-likeness (QED) is 0.475. The number of nitrogens with one attached hydrogen (secondary N) is 1.